The predicted molar refractivity (Wildman–Crippen MR) is 107 cm³/mol. The number of pyridine rings is 1. The molecule has 0 radical (unpaired) electrons. The van der Waals surface area contributed by atoms with Crippen molar-refractivity contribution in [2.45, 2.75) is 27.7 Å². The summed E-state index contributed by atoms with van der Waals surface area (Å²) in [6, 6.07) is 3.93. The zero-order valence-corrected chi connectivity index (χ0v) is 13.9. The highest BCUT2D eigenvalue weighted by Crippen LogP contribution is 2.15. The van der Waals surface area contributed by atoms with Crippen LogP contribution in [0.15, 0.2) is 64.4 Å². The van der Waals surface area contributed by atoms with Gasteiger partial charge in [0.25, 0.3) is 0 Å². The van der Waals surface area contributed by atoms with Crippen LogP contribution in [0.5, 0.6) is 0 Å². The smallest absolute Gasteiger partial charge is 0.180 e. The van der Waals surface area contributed by atoms with Gasteiger partial charge in [0.1, 0.15) is 11.4 Å². The van der Waals surface area contributed by atoms with Gasteiger partial charge in [0.2, 0.25) is 0 Å². The summed E-state index contributed by atoms with van der Waals surface area (Å²) in [4.78, 5) is 15.3. The first kappa shape index (κ1) is 19.4. The topological polar surface area (TPSA) is 66.9 Å². The van der Waals surface area contributed by atoms with Crippen molar-refractivity contribution in [1.29, 1.82) is 0 Å². The molecule has 5 nitrogen and oxygen atoms in total. The zero-order chi connectivity index (χ0) is 16.7. The third kappa shape index (κ3) is 4.91. The summed E-state index contributed by atoms with van der Waals surface area (Å²) in [5, 5.41) is 0. The first-order chi connectivity index (χ1) is 11.2. The summed E-state index contributed by atoms with van der Waals surface area (Å²) in [6.07, 6.45) is 12.6. The lowest BCUT2D eigenvalue weighted by atomic mass is 10.3. The quantitative estimate of drug-likeness (QED) is 0.805. The Balaban J connectivity index is 0.00000288. The van der Waals surface area contributed by atoms with E-state index in [9.17, 15) is 0 Å². The lowest BCUT2D eigenvalue weighted by molar-refractivity contribution is 0.961. The van der Waals surface area contributed by atoms with E-state index in [0.717, 1.165) is 24.3 Å². The number of anilines is 1. The number of amidine groups is 2. The van der Waals surface area contributed by atoms with Gasteiger partial charge >= 0.3 is 0 Å². The zero-order valence-electron chi connectivity index (χ0n) is 13.9. The van der Waals surface area contributed by atoms with Gasteiger partial charge in [-0.1, -0.05) is 38.7 Å². The summed E-state index contributed by atoms with van der Waals surface area (Å²) < 4.78 is 0. The minimum absolute atomic E-state index is 0. The summed E-state index contributed by atoms with van der Waals surface area (Å²) in [5.41, 5.74) is 8.38. The first-order valence-corrected chi connectivity index (χ1v) is 7.80. The molecule has 2 N–H and O–H groups in total. The van der Waals surface area contributed by atoms with Crippen LogP contribution in [0.4, 0.5) is 5.69 Å². The maximum Gasteiger partial charge on any atom is 0.180 e. The second-order valence-electron chi connectivity index (χ2n) is 5.12. The fraction of sp³-hybridized carbons (Fsp3) is 0.316. The Morgan fingerprint density at radius 2 is 1.96 bits per heavy atom. The van der Waals surface area contributed by atoms with Gasteiger partial charge < -0.3 is 10.6 Å². The molecular formula is C19H29N5. The molecule has 0 atom stereocenters. The van der Waals surface area contributed by atoms with Gasteiger partial charge in [0.15, 0.2) is 11.7 Å². The summed E-state index contributed by atoms with van der Waals surface area (Å²) in [6.45, 7) is 5.12. The molecule has 130 valence electrons. The van der Waals surface area contributed by atoms with E-state index < -0.39 is 0 Å². The van der Waals surface area contributed by atoms with Gasteiger partial charge in [0.05, 0.1) is 11.9 Å². The number of allylic oxidation sites excluding steroid dienone is 5. The van der Waals surface area contributed by atoms with Crippen molar-refractivity contribution in [2.24, 2.45) is 15.7 Å². The molecular weight excluding hydrogens is 298 g/mol. The molecule has 0 saturated heterocycles. The summed E-state index contributed by atoms with van der Waals surface area (Å²) >= 11 is 0. The Kier molecular flexibility index (Phi) is 7.62. The Bertz CT molecular complexity index is 684. The van der Waals surface area contributed by atoms with Crippen LogP contribution in [-0.2, 0) is 0 Å². The molecule has 0 aliphatic carbocycles. The highest BCUT2D eigenvalue weighted by Gasteiger charge is 2.15. The Morgan fingerprint density at radius 3 is 2.58 bits per heavy atom. The number of hydrogen-bond acceptors (Lipinski definition) is 5. The molecule has 5 heteroatoms. The van der Waals surface area contributed by atoms with E-state index in [2.05, 4.69) is 39.8 Å². The number of hydrogen-bond donors (Lipinski definition) is 1. The monoisotopic (exact) mass is 327 g/mol. The average molecular weight is 327 g/mol. The normalized spacial score (nSPS) is 15.7. The second-order valence-corrected chi connectivity index (χ2v) is 5.12. The highest BCUT2D eigenvalue weighted by molar-refractivity contribution is 6.16. The molecule has 2 heterocycles. The van der Waals surface area contributed by atoms with Gasteiger partial charge in [-0.15, -0.1) is 0 Å². The Hall–Kier alpha value is -2.69. The van der Waals surface area contributed by atoms with E-state index in [1.807, 2.05) is 49.7 Å². The summed E-state index contributed by atoms with van der Waals surface area (Å²) in [7, 11) is 2.03. The van der Waals surface area contributed by atoms with E-state index >= 15 is 0 Å². The number of aromatic nitrogens is 1. The number of rotatable bonds is 6. The standard InChI is InChI=1S/C18H23N5.CH4.H2/c1-4-6-7-8-9-10-15-17(19)22-18(21-15)16-12-11-14(13-20-16)23(3)5-2;;/h6-13H,4-5H2,1-3H3,(H2,19,21,22);1H4;1H/b7-6+,9-8+,15-10-;;. The minimum atomic E-state index is 0. The van der Waals surface area contributed by atoms with Crippen LogP contribution in [0.1, 0.15) is 34.8 Å². The fourth-order valence-electron chi connectivity index (χ4n) is 1.96. The van der Waals surface area contributed by atoms with Crippen molar-refractivity contribution < 1.29 is 1.43 Å². The van der Waals surface area contributed by atoms with Crippen molar-refractivity contribution >= 4 is 17.4 Å². The molecule has 1 aromatic heterocycles. The number of nitrogens with two attached hydrogens (primary N) is 1. The van der Waals surface area contributed by atoms with Crippen LogP contribution >= 0.6 is 0 Å². The molecule has 0 bridgehead atoms. The average Bonchev–Trinajstić information content (AvgIpc) is 2.95. The molecule has 0 saturated carbocycles. The maximum absolute atomic E-state index is 5.93. The molecule has 1 aliphatic rings. The molecule has 24 heavy (non-hydrogen) atoms. The third-order valence-electron chi connectivity index (χ3n) is 3.46. The largest absolute Gasteiger partial charge is 0.382 e. The highest BCUT2D eigenvalue weighted by atomic mass is 15.1. The van der Waals surface area contributed by atoms with Crippen molar-refractivity contribution in [3.8, 4) is 0 Å². The fourth-order valence-corrected chi connectivity index (χ4v) is 1.96. The van der Waals surface area contributed by atoms with Crippen molar-refractivity contribution in [2.75, 3.05) is 18.5 Å². The van der Waals surface area contributed by atoms with Gasteiger partial charge in [-0.25, -0.2) is 9.98 Å². The van der Waals surface area contributed by atoms with E-state index in [1.54, 1.807) is 0 Å². The lowest BCUT2D eigenvalue weighted by Crippen LogP contribution is -2.16. The predicted octanol–water partition coefficient (Wildman–Crippen LogP) is 3.94. The molecule has 0 unspecified atom stereocenters. The van der Waals surface area contributed by atoms with Gasteiger partial charge in [-0.2, -0.15) is 0 Å². The summed E-state index contributed by atoms with van der Waals surface area (Å²) in [5.74, 6) is 0.970. The van der Waals surface area contributed by atoms with Gasteiger partial charge in [-0.3, -0.25) is 4.98 Å². The lowest BCUT2D eigenvalue weighted by Gasteiger charge is -2.15. The van der Waals surface area contributed by atoms with Crippen LogP contribution in [0.25, 0.3) is 0 Å². The van der Waals surface area contributed by atoms with Crippen LogP contribution in [0.2, 0.25) is 0 Å². The molecule has 1 aromatic rings. The van der Waals surface area contributed by atoms with Crippen LogP contribution < -0.4 is 10.6 Å². The molecule has 0 fully saturated rings. The SMILES string of the molecule is C.CC/C=C/C=C/C=C1\N=C(c2ccc(N(C)CC)cn2)N=C1N.[HH]. The van der Waals surface area contributed by atoms with Crippen LogP contribution in [0.3, 0.4) is 0 Å². The van der Waals surface area contributed by atoms with Crippen molar-refractivity contribution in [1.82, 2.24) is 4.98 Å². The van der Waals surface area contributed by atoms with E-state index in [1.165, 1.54) is 0 Å². The molecule has 0 amide bonds. The Labute approximate surface area is 146 Å². The second kappa shape index (κ2) is 9.45. The molecule has 0 spiro atoms. The molecule has 1 aliphatic heterocycles. The van der Waals surface area contributed by atoms with Gasteiger partial charge in [0, 0.05) is 15.0 Å². The minimum Gasteiger partial charge on any atom is -0.382 e. The number of aliphatic imine (C=N–C) groups is 2. The van der Waals surface area contributed by atoms with E-state index in [0.29, 0.717) is 17.4 Å². The van der Waals surface area contributed by atoms with Crippen LogP contribution in [0, 0.1) is 0 Å². The van der Waals surface area contributed by atoms with Gasteiger partial charge in [-0.05, 0) is 31.6 Å². The van der Waals surface area contributed by atoms with E-state index in [-0.39, 0.29) is 8.85 Å². The van der Waals surface area contributed by atoms with Crippen molar-refractivity contribution in [3.63, 3.8) is 0 Å². The Morgan fingerprint density at radius 1 is 1.17 bits per heavy atom. The molecule has 2 rings (SSSR count). The first-order valence-electron chi connectivity index (χ1n) is 7.80. The molecule has 0 aromatic carbocycles. The van der Waals surface area contributed by atoms with Crippen molar-refractivity contribution in [3.05, 3.63) is 60.1 Å². The maximum atomic E-state index is 5.93. The third-order valence-corrected chi connectivity index (χ3v) is 3.46. The van der Waals surface area contributed by atoms with E-state index in [4.69, 9.17) is 5.73 Å². The van der Waals surface area contributed by atoms with Crippen LogP contribution in [-0.4, -0.2) is 30.2 Å². The number of nitrogens with zero attached hydrogens (tertiary/aromatic N) is 4.